The number of para-hydroxylation sites is 1. The lowest BCUT2D eigenvalue weighted by Crippen LogP contribution is -2.55. The number of halogens is 1. The van der Waals surface area contributed by atoms with Gasteiger partial charge in [-0.25, -0.2) is 4.79 Å². The van der Waals surface area contributed by atoms with Gasteiger partial charge in [-0.15, -0.1) is 0 Å². The standard InChI is InChI=1S/C34H42ClN3O5/c1-8-23-12-16-25(17-13-23)30(31(40)37-29-22(4)10-9-11-27(29)35)38(21(2)3)32(41)28(36-33(42)43-34(5,6)7)20-24-14-18-26(39)19-15-24/h9-19,21,28,30,39H,8,20H2,1-7H3,(H,36,42)(H,37,40). The Balaban J connectivity index is 2.09. The van der Waals surface area contributed by atoms with E-state index in [0.717, 1.165) is 17.5 Å². The zero-order valence-electron chi connectivity index (χ0n) is 25.9. The zero-order valence-corrected chi connectivity index (χ0v) is 26.7. The smallest absolute Gasteiger partial charge is 0.408 e. The van der Waals surface area contributed by atoms with Gasteiger partial charge in [0.2, 0.25) is 5.91 Å². The molecule has 0 heterocycles. The van der Waals surface area contributed by atoms with Crippen LogP contribution in [0.5, 0.6) is 5.75 Å². The van der Waals surface area contributed by atoms with Gasteiger partial charge >= 0.3 is 6.09 Å². The SMILES string of the molecule is CCc1ccc(C(C(=O)Nc2c(C)cccc2Cl)N(C(=O)C(Cc2ccc(O)cc2)NC(=O)OC(C)(C)C)C(C)C)cc1. The number of carbonyl (C=O) groups excluding carboxylic acids is 3. The van der Waals surface area contributed by atoms with Gasteiger partial charge in [0.1, 0.15) is 23.4 Å². The summed E-state index contributed by atoms with van der Waals surface area (Å²) in [6.07, 6.45) is 0.166. The van der Waals surface area contributed by atoms with Crippen LogP contribution in [-0.2, 0) is 27.2 Å². The number of phenols is 1. The number of phenolic OH excluding ortho intramolecular Hbond substituents is 1. The third-order valence-electron chi connectivity index (χ3n) is 6.88. The first-order valence-electron chi connectivity index (χ1n) is 14.4. The fourth-order valence-electron chi connectivity index (χ4n) is 4.73. The van der Waals surface area contributed by atoms with Crippen molar-refractivity contribution in [3.8, 4) is 5.75 Å². The van der Waals surface area contributed by atoms with E-state index in [4.69, 9.17) is 16.3 Å². The molecule has 0 saturated heterocycles. The first-order chi connectivity index (χ1) is 20.2. The van der Waals surface area contributed by atoms with Crippen LogP contribution in [-0.4, -0.2) is 45.6 Å². The van der Waals surface area contributed by atoms with Crippen molar-refractivity contribution >= 4 is 35.2 Å². The lowest BCUT2D eigenvalue weighted by molar-refractivity contribution is -0.142. The highest BCUT2D eigenvalue weighted by Crippen LogP contribution is 2.31. The molecule has 3 aromatic carbocycles. The van der Waals surface area contributed by atoms with E-state index in [-0.39, 0.29) is 12.2 Å². The Morgan fingerprint density at radius 1 is 0.953 bits per heavy atom. The molecular weight excluding hydrogens is 566 g/mol. The Labute approximate surface area is 259 Å². The Kier molecular flexibility index (Phi) is 11.2. The molecule has 2 atom stereocenters. The van der Waals surface area contributed by atoms with Crippen molar-refractivity contribution < 1.29 is 24.2 Å². The number of anilines is 1. The normalized spacial score (nSPS) is 12.8. The largest absolute Gasteiger partial charge is 0.508 e. The van der Waals surface area contributed by atoms with E-state index in [2.05, 4.69) is 10.6 Å². The molecule has 2 unspecified atom stereocenters. The van der Waals surface area contributed by atoms with E-state index in [9.17, 15) is 19.5 Å². The summed E-state index contributed by atoms with van der Waals surface area (Å²) in [6.45, 7) is 12.7. The van der Waals surface area contributed by atoms with E-state index in [1.807, 2.05) is 58.0 Å². The van der Waals surface area contributed by atoms with Gasteiger partial charge in [-0.3, -0.25) is 9.59 Å². The Hall–Kier alpha value is -4.04. The number of alkyl carbamates (subject to hydrolysis) is 1. The number of nitrogens with one attached hydrogen (secondary N) is 2. The van der Waals surface area contributed by atoms with E-state index in [1.165, 1.54) is 17.0 Å². The fraction of sp³-hybridized carbons (Fsp3) is 0.382. The molecular formula is C34H42ClN3O5. The van der Waals surface area contributed by atoms with Crippen molar-refractivity contribution in [2.75, 3.05) is 5.32 Å². The molecule has 3 amide bonds. The summed E-state index contributed by atoms with van der Waals surface area (Å²) in [6, 6.07) is 16.7. The van der Waals surface area contributed by atoms with E-state index in [1.54, 1.807) is 45.0 Å². The third kappa shape index (κ3) is 9.22. The maximum absolute atomic E-state index is 14.5. The van der Waals surface area contributed by atoms with Crippen LogP contribution >= 0.6 is 11.6 Å². The van der Waals surface area contributed by atoms with Crippen LogP contribution in [0.2, 0.25) is 5.02 Å². The lowest BCUT2D eigenvalue weighted by atomic mass is 9.97. The van der Waals surface area contributed by atoms with Crippen molar-refractivity contribution in [2.45, 2.75) is 85.0 Å². The maximum Gasteiger partial charge on any atom is 0.408 e. The Bertz CT molecular complexity index is 1400. The highest BCUT2D eigenvalue weighted by atomic mass is 35.5. The second kappa shape index (κ2) is 14.4. The number of hydrogen-bond donors (Lipinski definition) is 3. The average Bonchev–Trinajstić information content (AvgIpc) is 2.93. The molecule has 0 aliphatic carbocycles. The van der Waals surface area contributed by atoms with Gasteiger partial charge in [-0.2, -0.15) is 0 Å². The molecule has 0 aliphatic heterocycles. The summed E-state index contributed by atoms with van der Waals surface area (Å²) in [4.78, 5) is 43.1. The lowest BCUT2D eigenvalue weighted by Gasteiger charge is -2.37. The van der Waals surface area contributed by atoms with Gasteiger partial charge in [0, 0.05) is 12.5 Å². The molecule has 3 N–H and O–H groups in total. The second-order valence-electron chi connectivity index (χ2n) is 11.8. The van der Waals surface area contributed by atoms with Crippen LogP contribution in [0.3, 0.4) is 0 Å². The quantitative estimate of drug-likeness (QED) is 0.231. The van der Waals surface area contributed by atoms with Crippen molar-refractivity contribution in [2.24, 2.45) is 0 Å². The molecule has 0 fully saturated rings. The number of hydrogen-bond acceptors (Lipinski definition) is 5. The number of carbonyl (C=O) groups is 3. The topological polar surface area (TPSA) is 108 Å². The van der Waals surface area contributed by atoms with Crippen LogP contribution in [0, 0.1) is 6.92 Å². The monoisotopic (exact) mass is 607 g/mol. The van der Waals surface area contributed by atoms with Gasteiger partial charge in [-0.05, 0) is 88.4 Å². The molecule has 0 bridgehead atoms. The van der Waals surface area contributed by atoms with Crippen LogP contribution < -0.4 is 10.6 Å². The summed E-state index contributed by atoms with van der Waals surface area (Å²) in [7, 11) is 0. The minimum atomic E-state index is -1.07. The average molecular weight is 608 g/mol. The molecule has 0 spiro atoms. The summed E-state index contributed by atoms with van der Waals surface area (Å²) >= 11 is 6.46. The van der Waals surface area contributed by atoms with Gasteiger partial charge in [0.05, 0.1) is 10.7 Å². The third-order valence-corrected chi connectivity index (χ3v) is 7.19. The van der Waals surface area contributed by atoms with Crippen LogP contribution in [0.25, 0.3) is 0 Å². The summed E-state index contributed by atoms with van der Waals surface area (Å²) in [5.41, 5.74) is 2.86. The predicted molar refractivity (Wildman–Crippen MR) is 170 cm³/mol. The molecule has 230 valence electrons. The fourth-order valence-corrected chi connectivity index (χ4v) is 5.00. The summed E-state index contributed by atoms with van der Waals surface area (Å²) in [5, 5.41) is 15.8. The van der Waals surface area contributed by atoms with Crippen LogP contribution in [0.4, 0.5) is 10.5 Å². The van der Waals surface area contributed by atoms with Crippen molar-refractivity contribution in [1.29, 1.82) is 0 Å². The molecule has 9 heteroatoms. The van der Waals surface area contributed by atoms with Crippen molar-refractivity contribution in [3.63, 3.8) is 0 Å². The number of amides is 3. The number of aromatic hydroxyl groups is 1. The van der Waals surface area contributed by atoms with Crippen molar-refractivity contribution in [3.05, 3.63) is 94.0 Å². The highest BCUT2D eigenvalue weighted by molar-refractivity contribution is 6.34. The van der Waals surface area contributed by atoms with E-state index < -0.39 is 41.6 Å². The number of ether oxygens (including phenoxy) is 1. The number of nitrogens with zero attached hydrogens (tertiary/aromatic N) is 1. The second-order valence-corrected chi connectivity index (χ2v) is 12.2. The van der Waals surface area contributed by atoms with Crippen LogP contribution in [0.1, 0.15) is 69.8 Å². The molecule has 0 saturated carbocycles. The molecule has 0 aromatic heterocycles. The highest BCUT2D eigenvalue weighted by Gasteiger charge is 2.38. The minimum Gasteiger partial charge on any atom is -0.508 e. The first kappa shape index (κ1) is 33.5. The number of rotatable bonds is 10. The molecule has 8 nitrogen and oxygen atoms in total. The summed E-state index contributed by atoms with van der Waals surface area (Å²) in [5.74, 6) is -0.828. The van der Waals surface area contributed by atoms with Gasteiger partial charge in [0.25, 0.3) is 5.91 Å². The Morgan fingerprint density at radius 3 is 2.09 bits per heavy atom. The minimum absolute atomic E-state index is 0.0812. The zero-order chi connectivity index (χ0) is 31.9. The van der Waals surface area contributed by atoms with Gasteiger partial charge < -0.3 is 25.4 Å². The molecule has 0 aliphatic rings. The number of benzene rings is 3. The van der Waals surface area contributed by atoms with Gasteiger partial charge in [-0.1, -0.05) is 67.1 Å². The van der Waals surface area contributed by atoms with E-state index in [0.29, 0.717) is 21.8 Å². The summed E-state index contributed by atoms with van der Waals surface area (Å²) < 4.78 is 5.48. The molecule has 43 heavy (non-hydrogen) atoms. The molecule has 3 aromatic rings. The van der Waals surface area contributed by atoms with Crippen LogP contribution in [0.15, 0.2) is 66.7 Å². The number of aryl methyl sites for hydroxylation is 2. The van der Waals surface area contributed by atoms with Gasteiger partial charge in [0.15, 0.2) is 0 Å². The maximum atomic E-state index is 14.5. The molecule has 0 radical (unpaired) electrons. The Morgan fingerprint density at radius 2 is 1.56 bits per heavy atom. The van der Waals surface area contributed by atoms with Crippen molar-refractivity contribution in [1.82, 2.24) is 10.2 Å². The predicted octanol–water partition coefficient (Wildman–Crippen LogP) is 6.97. The van der Waals surface area contributed by atoms with E-state index >= 15 is 0 Å². The molecule has 3 rings (SSSR count). The first-order valence-corrected chi connectivity index (χ1v) is 14.8.